The van der Waals surface area contributed by atoms with Gasteiger partial charge in [0.25, 0.3) is 0 Å². The molecule has 1 N–H and O–H groups in total. The standard InChI is InChI=1S/C23H34N2O3.ClH/c1-2-28-22(27)18-8-10-19(11-9-18)24-16-13-23(14-17-24)21(26)12-15-25(23)20-6-4-3-5-7-20;/h3-7,18-19,21,26H,2,8-17H2,1H3;1H/t18?,19?,21-;/m0./s1. The molecule has 4 rings (SSSR count). The van der Waals surface area contributed by atoms with Crippen LogP contribution >= 0.6 is 12.4 Å². The molecule has 1 aliphatic carbocycles. The van der Waals surface area contributed by atoms with Gasteiger partial charge in [0, 0.05) is 31.4 Å². The normalized spacial score (nSPS) is 29.4. The Labute approximate surface area is 180 Å². The maximum atomic E-state index is 12.0. The first kappa shape index (κ1) is 22.4. The molecule has 0 aromatic heterocycles. The summed E-state index contributed by atoms with van der Waals surface area (Å²) in [6.45, 7) is 5.37. The molecule has 5 nitrogen and oxygen atoms in total. The molecule has 0 radical (unpaired) electrons. The average Bonchev–Trinajstić information content (AvgIpc) is 3.05. The summed E-state index contributed by atoms with van der Waals surface area (Å²) in [7, 11) is 0. The Morgan fingerprint density at radius 1 is 1.07 bits per heavy atom. The van der Waals surface area contributed by atoms with Gasteiger partial charge in [-0.3, -0.25) is 4.79 Å². The second-order valence-corrected chi connectivity index (χ2v) is 8.69. The van der Waals surface area contributed by atoms with Gasteiger partial charge in [0.05, 0.1) is 24.2 Å². The van der Waals surface area contributed by atoms with Crippen LogP contribution in [0.1, 0.15) is 51.9 Å². The highest BCUT2D eigenvalue weighted by atomic mass is 35.5. The van der Waals surface area contributed by atoms with Crippen molar-refractivity contribution in [2.75, 3.05) is 31.1 Å². The third-order valence-electron chi connectivity index (χ3n) is 7.35. The Bertz CT molecular complexity index is 655. The minimum absolute atomic E-state index is 0. The number of likely N-dealkylation sites (tertiary alicyclic amines) is 1. The first-order valence-corrected chi connectivity index (χ1v) is 11.1. The molecule has 2 heterocycles. The molecule has 0 amide bonds. The number of benzene rings is 1. The number of nitrogens with zero attached hydrogens (tertiary/aromatic N) is 2. The number of aliphatic hydroxyl groups excluding tert-OH is 1. The number of halogens is 1. The minimum Gasteiger partial charge on any atom is -0.466 e. The first-order valence-electron chi connectivity index (χ1n) is 11.1. The monoisotopic (exact) mass is 422 g/mol. The number of aliphatic hydroxyl groups is 1. The molecule has 29 heavy (non-hydrogen) atoms. The number of anilines is 1. The molecule has 3 fully saturated rings. The van der Waals surface area contributed by atoms with Crippen LogP contribution in [0.25, 0.3) is 0 Å². The Hall–Kier alpha value is -1.30. The lowest BCUT2D eigenvalue weighted by Gasteiger charge is -2.49. The summed E-state index contributed by atoms with van der Waals surface area (Å²) in [5.41, 5.74) is 1.13. The molecule has 0 bridgehead atoms. The van der Waals surface area contributed by atoms with Gasteiger partial charge in [-0.2, -0.15) is 0 Å². The van der Waals surface area contributed by atoms with Crippen LogP contribution in [-0.4, -0.2) is 59.9 Å². The van der Waals surface area contributed by atoms with Crippen molar-refractivity contribution in [2.45, 2.75) is 69.6 Å². The summed E-state index contributed by atoms with van der Waals surface area (Å²) in [6.07, 6.45) is 6.72. The van der Waals surface area contributed by atoms with Crippen molar-refractivity contribution in [3.63, 3.8) is 0 Å². The molecule has 3 aliphatic rings. The van der Waals surface area contributed by atoms with Crippen LogP contribution in [0, 0.1) is 5.92 Å². The Morgan fingerprint density at radius 3 is 2.34 bits per heavy atom. The number of ether oxygens (including phenoxy) is 1. The Morgan fingerprint density at radius 2 is 1.72 bits per heavy atom. The molecule has 2 aliphatic heterocycles. The lowest BCUT2D eigenvalue weighted by molar-refractivity contribution is -0.149. The Kier molecular flexibility index (Phi) is 7.47. The number of hydrogen-bond donors (Lipinski definition) is 1. The third kappa shape index (κ3) is 4.42. The lowest BCUT2D eigenvalue weighted by Crippen LogP contribution is -2.59. The van der Waals surface area contributed by atoms with E-state index in [2.05, 4.69) is 40.1 Å². The van der Waals surface area contributed by atoms with E-state index in [4.69, 9.17) is 4.74 Å². The maximum absolute atomic E-state index is 12.0. The van der Waals surface area contributed by atoms with Crippen LogP contribution in [0.2, 0.25) is 0 Å². The fraction of sp³-hybridized carbons (Fsp3) is 0.696. The summed E-state index contributed by atoms with van der Waals surface area (Å²) >= 11 is 0. The van der Waals surface area contributed by atoms with Gasteiger partial charge < -0.3 is 19.6 Å². The smallest absolute Gasteiger partial charge is 0.308 e. The number of rotatable bonds is 4. The van der Waals surface area contributed by atoms with Crippen LogP contribution in [0.3, 0.4) is 0 Å². The molecular weight excluding hydrogens is 388 g/mol. The zero-order chi connectivity index (χ0) is 19.6. The van der Waals surface area contributed by atoms with Crippen molar-refractivity contribution in [3.05, 3.63) is 30.3 Å². The number of piperidine rings is 1. The summed E-state index contributed by atoms with van der Waals surface area (Å²) in [5, 5.41) is 10.9. The number of carbonyl (C=O) groups excluding carboxylic acids is 1. The SMILES string of the molecule is CCOC(=O)C1CCC(N2CCC3(CC2)[C@@H](O)CCN3c2ccccc2)CC1.Cl. The maximum Gasteiger partial charge on any atom is 0.308 e. The molecule has 1 aromatic rings. The van der Waals surface area contributed by atoms with Crippen LogP contribution in [0.15, 0.2) is 30.3 Å². The highest BCUT2D eigenvalue weighted by Crippen LogP contribution is 2.42. The fourth-order valence-electron chi connectivity index (χ4n) is 5.73. The van der Waals surface area contributed by atoms with Gasteiger partial charge in [-0.05, 0) is 64.0 Å². The van der Waals surface area contributed by atoms with E-state index in [9.17, 15) is 9.90 Å². The third-order valence-corrected chi connectivity index (χ3v) is 7.35. The predicted molar refractivity (Wildman–Crippen MR) is 118 cm³/mol. The van der Waals surface area contributed by atoms with Gasteiger partial charge in [-0.15, -0.1) is 12.4 Å². The summed E-state index contributed by atoms with van der Waals surface area (Å²) in [6, 6.07) is 11.1. The van der Waals surface area contributed by atoms with Gasteiger partial charge in [-0.25, -0.2) is 0 Å². The van der Waals surface area contributed by atoms with Crippen LogP contribution in [0.4, 0.5) is 5.69 Å². The van der Waals surface area contributed by atoms with Crippen LogP contribution < -0.4 is 4.90 Å². The number of carbonyl (C=O) groups is 1. The van der Waals surface area contributed by atoms with E-state index in [1.54, 1.807) is 0 Å². The zero-order valence-electron chi connectivity index (χ0n) is 17.5. The topological polar surface area (TPSA) is 53.0 Å². The second-order valence-electron chi connectivity index (χ2n) is 8.69. The quantitative estimate of drug-likeness (QED) is 0.751. The van der Waals surface area contributed by atoms with Crippen molar-refractivity contribution in [3.8, 4) is 0 Å². The number of esters is 1. The molecule has 162 valence electrons. The van der Waals surface area contributed by atoms with Gasteiger partial charge in [-0.1, -0.05) is 18.2 Å². The molecule has 1 aromatic carbocycles. The van der Waals surface area contributed by atoms with Crippen molar-refractivity contribution in [1.82, 2.24) is 4.90 Å². The van der Waals surface area contributed by atoms with E-state index in [0.29, 0.717) is 12.6 Å². The molecule has 0 unspecified atom stereocenters. The van der Waals surface area contributed by atoms with E-state index >= 15 is 0 Å². The second kappa shape index (κ2) is 9.67. The predicted octanol–water partition coefficient (Wildman–Crippen LogP) is 3.64. The summed E-state index contributed by atoms with van der Waals surface area (Å²) in [4.78, 5) is 17.1. The van der Waals surface area contributed by atoms with Crippen LogP contribution in [0.5, 0.6) is 0 Å². The van der Waals surface area contributed by atoms with E-state index in [0.717, 1.165) is 64.6 Å². The zero-order valence-corrected chi connectivity index (χ0v) is 18.3. The van der Waals surface area contributed by atoms with E-state index in [-0.39, 0.29) is 35.9 Å². The molecule has 6 heteroatoms. The van der Waals surface area contributed by atoms with Gasteiger partial charge in [0.2, 0.25) is 0 Å². The highest BCUT2D eigenvalue weighted by Gasteiger charge is 2.50. The van der Waals surface area contributed by atoms with Crippen molar-refractivity contribution >= 4 is 24.1 Å². The van der Waals surface area contributed by atoms with E-state index < -0.39 is 0 Å². The molecule has 1 saturated carbocycles. The van der Waals surface area contributed by atoms with Crippen molar-refractivity contribution in [1.29, 1.82) is 0 Å². The molecular formula is C23H35ClN2O3. The summed E-state index contributed by atoms with van der Waals surface area (Å²) in [5.74, 6) is 0.0867. The highest BCUT2D eigenvalue weighted by molar-refractivity contribution is 5.85. The van der Waals surface area contributed by atoms with Crippen molar-refractivity contribution < 1.29 is 14.6 Å². The first-order chi connectivity index (χ1) is 13.6. The van der Waals surface area contributed by atoms with Crippen molar-refractivity contribution in [2.24, 2.45) is 5.92 Å². The molecule has 1 spiro atoms. The van der Waals surface area contributed by atoms with Gasteiger partial charge in [0.15, 0.2) is 0 Å². The molecule has 1 atom stereocenters. The van der Waals surface area contributed by atoms with Gasteiger partial charge in [0.1, 0.15) is 0 Å². The van der Waals surface area contributed by atoms with E-state index in [1.165, 1.54) is 5.69 Å². The van der Waals surface area contributed by atoms with Gasteiger partial charge >= 0.3 is 5.97 Å². The fourth-order valence-corrected chi connectivity index (χ4v) is 5.73. The average molecular weight is 423 g/mol. The number of para-hydroxylation sites is 1. The van der Waals surface area contributed by atoms with Crippen LogP contribution in [-0.2, 0) is 9.53 Å². The summed E-state index contributed by atoms with van der Waals surface area (Å²) < 4.78 is 5.21. The largest absolute Gasteiger partial charge is 0.466 e. The van der Waals surface area contributed by atoms with E-state index in [1.807, 2.05) is 6.92 Å². The lowest BCUT2D eigenvalue weighted by atomic mass is 9.80. The molecule has 2 saturated heterocycles. The number of hydrogen-bond acceptors (Lipinski definition) is 5. The Balaban J connectivity index is 0.00000240. The minimum atomic E-state index is -0.241.